The van der Waals surface area contributed by atoms with Crippen LogP contribution in [0.1, 0.15) is 22.3 Å². The van der Waals surface area contributed by atoms with Gasteiger partial charge < -0.3 is 0 Å². The summed E-state index contributed by atoms with van der Waals surface area (Å²) in [5.74, 6) is 0. The van der Waals surface area contributed by atoms with E-state index in [-0.39, 0.29) is 0 Å². The second-order valence-corrected chi connectivity index (χ2v) is 10.7. The molecule has 2 aliphatic carbocycles. The van der Waals surface area contributed by atoms with Crippen molar-refractivity contribution >= 4 is 6.54 Å². The van der Waals surface area contributed by atoms with E-state index in [9.17, 15) is 0 Å². The molecule has 0 saturated carbocycles. The van der Waals surface area contributed by atoms with Crippen molar-refractivity contribution in [3.05, 3.63) is 107 Å². The first-order valence-corrected chi connectivity index (χ1v) is 12.0. The minimum absolute atomic E-state index is 0.849. The van der Waals surface area contributed by atoms with Crippen molar-refractivity contribution in [2.75, 3.05) is 0 Å². The molecule has 0 nitrogen and oxygen atoms in total. The van der Waals surface area contributed by atoms with Gasteiger partial charge in [0.2, 0.25) is 0 Å². The van der Waals surface area contributed by atoms with Crippen LogP contribution in [-0.2, 0) is 36.1 Å². The molecule has 0 aromatic heterocycles. The van der Waals surface area contributed by atoms with E-state index in [1.807, 2.05) is 0 Å². The van der Waals surface area contributed by atoms with E-state index in [0.29, 0.717) is 0 Å². The summed E-state index contributed by atoms with van der Waals surface area (Å²) in [5, 5.41) is 0. The zero-order valence-electron chi connectivity index (χ0n) is 15.0. The summed E-state index contributed by atoms with van der Waals surface area (Å²) >= 11 is -0.849. The Morgan fingerprint density at radius 3 is 1.41 bits per heavy atom. The predicted octanol–water partition coefficient (Wildman–Crippen LogP) is 4.86. The molecule has 4 aromatic carbocycles. The Balaban J connectivity index is 1.43. The Morgan fingerprint density at radius 2 is 0.889 bits per heavy atom. The molecule has 0 fully saturated rings. The molecule has 0 saturated heterocycles. The molecule has 0 atom stereocenters. The molecule has 0 radical (unpaired) electrons. The fourth-order valence-electron chi connectivity index (χ4n) is 4.69. The van der Waals surface area contributed by atoms with E-state index < -0.39 is 23.2 Å². The van der Waals surface area contributed by atoms with Gasteiger partial charge in [-0.15, -0.1) is 0 Å². The van der Waals surface area contributed by atoms with Gasteiger partial charge in [0.25, 0.3) is 0 Å². The van der Waals surface area contributed by atoms with Crippen LogP contribution in [0.25, 0.3) is 22.3 Å². The van der Waals surface area contributed by atoms with Gasteiger partial charge >= 0.3 is 172 Å². The molecule has 126 valence electrons. The van der Waals surface area contributed by atoms with E-state index in [4.69, 9.17) is 0 Å². The molecule has 0 aliphatic heterocycles. The van der Waals surface area contributed by atoms with Gasteiger partial charge in [0, 0.05) is 0 Å². The van der Waals surface area contributed by atoms with Crippen molar-refractivity contribution in [3.63, 3.8) is 0 Å². The molecule has 27 heavy (non-hydrogen) atoms. The van der Waals surface area contributed by atoms with Crippen LogP contribution >= 0.6 is 0 Å². The van der Waals surface area contributed by atoms with Gasteiger partial charge in [-0.3, -0.25) is 0 Å². The van der Waals surface area contributed by atoms with Gasteiger partial charge in [0.1, 0.15) is 0 Å². The summed E-state index contributed by atoms with van der Waals surface area (Å²) in [7, 11) is 0. The van der Waals surface area contributed by atoms with Gasteiger partial charge in [-0.1, -0.05) is 0 Å². The molecule has 6 rings (SSSR count). The van der Waals surface area contributed by atoms with E-state index in [1.165, 1.54) is 33.4 Å². The van der Waals surface area contributed by atoms with Crippen LogP contribution in [0, 0.1) is 0 Å². The molecule has 0 amide bonds. The van der Waals surface area contributed by atoms with Crippen molar-refractivity contribution in [3.8, 4) is 22.3 Å². The van der Waals surface area contributed by atoms with Gasteiger partial charge in [0.15, 0.2) is 0 Å². The number of fused-ring (bicyclic) bond motifs is 6. The van der Waals surface area contributed by atoms with E-state index in [1.54, 1.807) is 17.7 Å². The molecule has 0 bridgehead atoms. The van der Waals surface area contributed by atoms with Gasteiger partial charge in [-0.05, 0) is 0 Å². The standard InChI is InChI=1S/2C13H9.Zr/c2*1-3-7-12-10(5-1)9-11-6-2-4-8-13(11)12;/h2*1-5,7-8H,9H2;. The Kier molecular flexibility index (Phi) is 3.59. The second-order valence-electron chi connectivity index (χ2n) is 7.46. The SMILES string of the molecule is c1ccc2c(c1)Cc1[c]([Zr][c]3cccc4c3Cc3ccccc3-4)cccc1-2. The number of hydrogen-bond acceptors (Lipinski definition) is 0. The Labute approximate surface area is 171 Å². The minimum atomic E-state index is -0.849. The first-order valence-electron chi connectivity index (χ1n) is 9.56. The van der Waals surface area contributed by atoms with Crippen molar-refractivity contribution in [2.45, 2.75) is 12.8 Å². The normalized spacial score (nSPS) is 12.9. The van der Waals surface area contributed by atoms with Crippen LogP contribution in [0.4, 0.5) is 0 Å². The number of rotatable bonds is 2. The quantitative estimate of drug-likeness (QED) is 0.374. The topological polar surface area (TPSA) is 0 Å². The molecule has 0 unspecified atom stereocenters. The maximum absolute atomic E-state index is 2.40. The third-order valence-corrected chi connectivity index (χ3v) is 9.60. The third-order valence-electron chi connectivity index (χ3n) is 5.97. The first kappa shape index (κ1) is 15.8. The molecule has 1 heteroatoms. The average Bonchev–Trinajstić information content (AvgIpc) is 3.28. The van der Waals surface area contributed by atoms with Gasteiger partial charge in [0.05, 0.1) is 0 Å². The molecule has 0 N–H and O–H groups in total. The van der Waals surface area contributed by atoms with Crippen LogP contribution < -0.4 is 6.54 Å². The summed E-state index contributed by atoms with van der Waals surface area (Å²) < 4.78 is 3.30. The molecule has 4 aromatic rings. The summed E-state index contributed by atoms with van der Waals surface area (Å²) in [6.45, 7) is 0. The summed E-state index contributed by atoms with van der Waals surface area (Å²) in [5.41, 5.74) is 12.0. The zero-order chi connectivity index (χ0) is 17.8. The number of benzene rings is 4. The Hall–Kier alpha value is -2.24. The zero-order valence-corrected chi connectivity index (χ0v) is 17.5. The first-order chi connectivity index (χ1) is 13.4. The van der Waals surface area contributed by atoms with Crippen molar-refractivity contribution < 1.29 is 23.2 Å². The van der Waals surface area contributed by atoms with Crippen LogP contribution in [-0.4, -0.2) is 0 Å². The van der Waals surface area contributed by atoms with Crippen LogP contribution in [0.15, 0.2) is 84.9 Å². The van der Waals surface area contributed by atoms with Gasteiger partial charge in [-0.25, -0.2) is 0 Å². The molecule has 2 aliphatic rings. The van der Waals surface area contributed by atoms with E-state index in [0.717, 1.165) is 12.8 Å². The monoisotopic (exact) mass is 420 g/mol. The second kappa shape index (κ2) is 6.15. The average molecular weight is 422 g/mol. The predicted molar refractivity (Wildman–Crippen MR) is 109 cm³/mol. The fourth-order valence-corrected chi connectivity index (χ4v) is 8.13. The molecular weight excluding hydrogens is 404 g/mol. The summed E-state index contributed by atoms with van der Waals surface area (Å²) in [6.07, 6.45) is 2.22. The molecule has 0 heterocycles. The summed E-state index contributed by atoms with van der Waals surface area (Å²) in [4.78, 5) is 0. The molecular formula is C26H18Zr. The Morgan fingerprint density at radius 1 is 0.444 bits per heavy atom. The van der Waals surface area contributed by atoms with Crippen LogP contribution in [0.2, 0.25) is 0 Å². The Bertz CT molecular complexity index is 1110. The van der Waals surface area contributed by atoms with Crippen molar-refractivity contribution in [2.24, 2.45) is 0 Å². The van der Waals surface area contributed by atoms with Crippen LogP contribution in [0.3, 0.4) is 0 Å². The third kappa shape index (κ3) is 2.45. The fraction of sp³-hybridized carbons (Fsp3) is 0.0769. The van der Waals surface area contributed by atoms with Crippen molar-refractivity contribution in [1.29, 1.82) is 0 Å². The molecule has 0 spiro atoms. The summed E-state index contributed by atoms with van der Waals surface area (Å²) in [6, 6.07) is 31.8. The van der Waals surface area contributed by atoms with E-state index in [2.05, 4.69) is 84.9 Å². The van der Waals surface area contributed by atoms with Gasteiger partial charge in [-0.2, -0.15) is 0 Å². The van der Waals surface area contributed by atoms with E-state index >= 15 is 0 Å². The maximum atomic E-state index is 2.40. The van der Waals surface area contributed by atoms with Crippen molar-refractivity contribution in [1.82, 2.24) is 0 Å². The number of hydrogen-bond donors (Lipinski definition) is 0. The van der Waals surface area contributed by atoms with Crippen LogP contribution in [0.5, 0.6) is 0 Å².